The maximum absolute atomic E-state index is 12.1. The van der Waals surface area contributed by atoms with Gasteiger partial charge < -0.3 is 20.3 Å². The van der Waals surface area contributed by atoms with Crippen molar-refractivity contribution in [2.45, 2.75) is 61.7 Å². The Kier molecular flexibility index (Phi) is 2.58. The molecule has 3 aliphatic carbocycles. The van der Waals surface area contributed by atoms with Gasteiger partial charge in [-0.1, -0.05) is 25.5 Å². The molecule has 1 aromatic rings. The number of hydrogen-bond acceptors (Lipinski definition) is 4. The predicted molar refractivity (Wildman–Crippen MR) is 93.9 cm³/mol. The van der Waals surface area contributed by atoms with Crippen molar-refractivity contribution >= 4 is 0 Å². The molecule has 2 saturated carbocycles. The molecule has 1 saturated heterocycles. The molecular formula is C21H25NO3. The highest BCUT2D eigenvalue weighted by Crippen LogP contribution is 2.66. The number of phenols is 1. The van der Waals surface area contributed by atoms with Crippen LogP contribution in [0.3, 0.4) is 0 Å². The van der Waals surface area contributed by atoms with Crippen LogP contribution in [0.1, 0.15) is 43.2 Å². The van der Waals surface area contributed by atoms with Crippen LogP contribution < -0.4 is 10.1 Å². The Labute approximate surface area is 147 Å². The van der Waals surface area contributed by atoms with Crippen molar-refractivity contribution in [1.82, 2.24) is 5.32 Å². The Morgan fingerprint density at radius 2 is 2.16 bits per heavy atom. The fourth-order valence-corrected chi connectivity index (χ4v) is 6.47. The zero-order valence-electron chi connectivity index (χ0n) is 14.4. The van der Waals surface area contributed by atoms with Crippen LogP contribution in [0.25, 0.3) is 0 Å². The topological polar surface area (TPSA) is 61.7 Å². The summed E-state index contributed by atoms with van der Waals surface area (Å²) in [4.78, 5) is 0. The second kappa shape index (κ2) is 4.41. The number of ether oxygens (including phenoxy) is 1. The smallest absolute Gasteiger partial charge is 0.166 e. The maximum Gasteiger partial charge on any atom is 0.166 e. The van der Waals surface area contributed by atoms with E-state index in [1.54, 1.807) is 6.07 Å². The van der Waals surface area contributed by atoms with Crippen molar-refractivity contribution in [3.8, 4) is 11.5 Å². The first-order chi connectivity index (χ1) is 12.0. The molecule has 0 aromatic heterocycles. The van der Waals surface area contributed by atoms with Gasteiger partial charge in [0.1, 0.15) is 6.10 Å². The standard InChI is InChI=1S/C21H25NO3/c1-11-14(8-12-2-3-12)10-21(24)16-9-13-4-5-15(23)18-17(13)20(21,6-7-22-16)19(11)25-18/h4-5,12,14,16,19,22-24H,1-3,6-10H2/t14?,16-,19?,20+,21-/m1/s1. The highest BCUT2D eigenvalue weighted by molar-refractivity contribution is 5.64. The third-order valence-corrected chi connectivity index (χ3v) is 7.77. The Hall–Kier alpha value is -1.52. The number of phenolic OH excluding ortho intramolecular Hbond substituents is 1. The number of piperidine rings is 1. The lowest BCUT2D eigenvalue weighted by Crippen LogP contribution is -2.75. The molecule has 25 heavy (non-hydrogen) atoms. The van der Waals surface area contributed by atoms with E-state index in [0.717, 1.165) is 49.3 Å². The fourth-order valence-electron chi connectivity index (χ4n) is 6.47. The Bertz CT molecular complexity index is 801. The lowest BCUT2D eigenvalue weighted by molar-refractivity contribution is -0.147. The van der Waals surface area contributed by atoms with Gasteiger partial charge in [0.15, 0.2) is 11.5 Å². The largest absolute Gasteiger partial charge is 0.504 e. The molecule has 4 nitrogen and oxygen atoms in total. The van der Waals surface area contributed by atoms with Crippen molar-refractivity contribution in [2.75, 3.05) is 6.54 Å². The van der Waals surface area contributed by atoms with E-state index in [9.17, 15) is 10.2 Å². The monoisotopic (exact) mass is 339 g/mol. The molecule has 5 atom stereocenters. The van der Waals surface area contributed by atoms with Gasteiger partial charge in [-0.3, -0.25) is 0 Å². The van der Waals surface area contributed by atoms with Gasteiger partial charge in [0, 0.05) is 11.6 Å². The summed E-state index contributed by atoms with van der Waals surface area (Å²) in [5, 5.41) is 26.1. The second-order valence-corrected chi connectivity index (χ2v) is 8.96. The zero-order valence-corrected chi connectivity index (χ0v) is 14.4. The number of benzene rings is 1. The molecule has 132 valence electrons. The van der Waals surface area contributed by atoms with Crippen molar-refractivity contribution in [1.29, 1.82) is 0 Å². The van der Waals surface area contributed by atoms with Crippen molar-refractivity contribution in [3.63, 3.8) is 0 Å². The van der Waals surface area contributed by atoms with Gasteiger partial charge in [-0.25, -0.2) is 0 Å². The Morgan fingerprint density at radius 3 is 2.96 bits per heavy atom. The molecule has 1 aromatic carbocycles. The van der Waals surface area contributed by atoms with Gasteiger partial charge >= 0.3 is 0 Å². The van der Waals surface area contributed by atoms with E-state index in [1.807, 2.05) is 6.07 Å². The highest BCUT2D eigenvalue weighted by Gasteiger charge is 2.72. The predicted octanol–water partition coefficient (Wildman–Crippen LogP) is 2.42. The molecule has 3 N–H and O–H groups in total. The highest BCUT2D eigenvalue weighted by atomic mass is 16.5. The van der Waals surface area contributed by atoms with E-state index in [2.05, 4.69) is 11.9 Å². The summed E-state index contributed by atoms with van der Waals surface area (Å²) >= 11 is 0. The van der Waals surface area contributed by atoms with Gasteiger partial charge in [0.2, 0.25) is 0 Å². The lowest BCUT2D eigenvalue weighted by atomic mass is 9.47. The third kappa shape index (κ3) is 1.57. The van der Waals surface area contributed by atoms with Gasteiger partial charge in [-0.2, -0.15) is 0 Å². The van der Waals surface area contributed by atoms with E-state index >= 15 is 0 Å². The Balaban J connectivity index is 1.58. The quantitative estimate of drug-likeness (QED) is 0.724. The summed E-state index contributed by atoms with van der Waals surface area (Å²) in [6.45, 7) is 5.33. The summed E-state index contributed by atoms with van der Waals surface area (Å²) in [6.07, 6.45) is 5.95. The molecule has 6 rings (SSSR count). The van der Waals surface area contributed by atoms with Gasteiger partial charge in [0.05, 0.1) is 11.0 Å². The number of nitrogens with one attached hydrogen (secondary N) is 1. The zero-order chi connectivity index (χ0) is 17.0. The fraction of sp³-hybridized carbons (Fsp3) is 0.619. The van der Waals surface area contributed by atoms with Crippen LogP contribution in [0, 0.1) is 11.8 Å². The van der Waals surface area contributed by atoms with E-state index in [4.69, 9.17) is 4.74 Å². The minimum absolute atomic E-state index is 0.0603. The number of hydrogen-bond donors (Lipinski definition) is 3. The number of aliphatic hydroxyl groups is 1. The molecule has 2 unspecified atom stereocenters. The van der Waals surface area contributed by atoms with Gasteiger partial charge in [0.25, 0.3) is 0 Å². The van der Waals surface area contributed by atoms with Crippen molar-refractivity contribution < 1.29 is 14.9 Å². The number of rotatable bonds is 2. The van der Waals surface area contributed by atoms with Crippen LogP contribution in [0.15, 0.2) is 24.3 Å². The van der Waals surface area contributed by atoms with Crippen LogP contribution in [0.5, 0.6) is 11.5 Å². The second-order valence-electron chi connectivity index (χ2n) is 8.96. The summed E-state index contributed by atoms with van der Waals surface area (Å²) in [6, 6.07) is 3.82. The first-order valence-corrected chi connectivity index (χ1v) is 9.71. The molecule has 2 aliphatic heterocycles. The summed E-state index contributed by atoms with van der Waals surface area (Å²) in [5.74, 6) is 1.92. The molecule has 3 fully saturated rings. The van der Waals surface area contributed by atoms with Gasteiger partial charge in [-0.15, -0.1) is 0 Å². The van der Waals surface area contributed by atoms with Crippen LogP contribution in [-0.2, 0) is 11.8 Å². The van der Waals surface area contributed by atoms with Crippen LogP contribution in [0.4, 0.5) is 0 Å². The Morgan fingerprint density at radius 1 is 1.32 bits per heavy atom. The maximum atomic E-state index is 12.1. The van der Waals surface area contributed by atoms with E-state index in [-0.39, 0.29) is 17.9 Å². The van der Waals surface area contributed by atoms with Crippen LogP contribution >= 0.6 is 0 Å². The summed E-state index contributed by atoms with van der Waals surface area (Å²) in [7, 11) is 0. The van der Waals surface area contributed by atoms with Crippen molar-refractivity contribution in [3.05, 3.63) is 35.4 Å². The van der Waals surface area contributed by atoms with E-state index < -0.39 is 11.0 Å². The van der Waals surface area contributed by atoms with Gasteiger partial charge in [-0.05, 0) is 61.3 Å². The molecule has 0 amide bonds. The molecule has 1 spiro atoms. The molecular weight excluding hydrogens is 314 g/mol. The summed E-state index contributed by atoms with van der Waals surface area (Å²) in [5.41, 5.74) is 2.17. The molecule has 4 heteroatoms. The molecule has 5 aliphatic rings. The van der Waals surface area contributed by atoms with Crippen LogP contribution in [-0.4, -0.2) is 34.5 Å². The van der Waals surface area contributed by atoms with E-state index in [1.165, 1.54) is 18.4 Å². The SMILES string of the molecule is C=C1C(CC2CC2)C[C@@]2(O)[C@H]3Cc4ccc(O)c5c4[C@@]2(CCN3)C1O5. The normalized spacial score (nSPS) is 43.6. The lowest BCUT2D eigenvalue weighted by Gasteiger charge is -2.62. The average Bonchev–Trinajstić information content (AvgIpc) is 3.31. The van der Waals surface area contributed by atoms with Crippen molar-refractivity contribution in [2.24, 2.45) is 11.8 Å². The number of aromatic hydroxyl groups is 1. The first kappa shape index (κ1) is 14.6. The molecule has 2 heterocycles. The first-order valence-electron chi connectivity index (χ1n) is 9.71. The minimum atomic E-state index is -0.817. The third-order valence-electron chi connectivity index (χ3n) is 7.77. The molecule has 2 bridgehead atoms. The molecule has 0 radical (unpaired) electrons. The van der Waals surface area contributed by atoms with E-state index in [0.29, 0.717) is 11.7 Å². The van der Waals surface area contributed by atoms with Crippen LogP contribution in [0.2, 0.25) is 0 Å². The average molecular weight is 339 g/mol. The summed E-state index contributed by atoms with van der Waals surface area (Å²) < 4.78 is 6.38. The minimum Gasteiger partial charge on any atom is -0.504 e.